The van der Waals surface area contributed by atoms with E-state index < -0.39 is 11.0 Å². The van der Waals surface area contributed by atoms with Crippen LogP contribution in [0.3, 0.4) is 0 Å². The molecule has 32 heavy (non-hydrogen) atoms. The standard InChI is InChI=1S/C23H21N5O3S/c1-27(2)32(30,31)28-10-8-17-18(6-3-7-21(17)28)22(29)20-14-26-23-19(20)11-16(13-25-23)15-5-4-9-24-12-15/h3-14,30-31H,1-2H3,(H,25,26). The summed E-state index contributed by atoms with van der Waals surface area (Å²) in [6.45, 7) is 0. The van der Waals surface area contributed by atoms with Gasteiger partial charge in [0, 0.05) is 78.1 Å². The lowest BCUT2D eigenvalue weighted by Crippen LogP contribution is -2.24. The van der Waals surface area contributed by atoms with E-state index in [0.717, 1.165) is 11.1 Å². The molecule has 0 amide bonds. The quantitative estimate of drug-likeness (QED) is 0.334. The van der Waals surface area contributed by atoms with Gasteiger partial charge in [-0.2, -0.15) is 4.31 Å². The SMILES string of the molecule is CN(C)S(O)(O)n1ccc2c(C(=O)c3c[nH]c4ncc(-c5cccnc5)cc34)cccc21. The van der Waals surface area contributed by atoms with Gasteiger partial charge in [0.25, 0.3) is 0 Å². The van der Waals surface area contributed by atoms with Gasteiger partial charge in [-0.1, -0.05) is 18.2 Å². The van der Waals surface area contributed by atoms with Crippen LogP contribution in [0.4, 0.5) is 0 Å². The van der Waals surface area contributed by atoms with Gasteiger partial charge < -0.3 is 4.98 Å². The molecule has 0 aliphatic carbocycles. The van der Waals surface area contributed by atoms with Crippen molar-refractivity contribution < 1.29 is 13.9 Å². The van der Waals surface area contributed by atoms with Crippen LogP contribution in [0.15, 0.2) is 73.4 Å². The van der Waals surface area contributed by atoms with Gasteiger partial charge in [-0.3, -0.25) is 18.9 Å². The summed E-state index contributed by atoms with van der Waals surface area (Å²) >= 11 is 0. The molecule has 4 aromatic heterocycles. The van der Waals surface area contributed by atoms with Crippen LogP contribution in [0.25, 0.3) is 33.1 Å². The average Bonchev–Trinajstić information content (AvgIpc) is 3.43. The van der Waals surface area contributed by atoms with Gasteiger partial charge in [0.05, 0.1) is 5.52 Å². The van der Waals surface area contributed by atoms with Crippen molar-refractivity contribution >= 4 is 38.7 Å². The molecular weight excluding hydrogens is 426 g/mol. The Kier molecular flexibility index (Phi) is 4.83. The monoisotopic (exact) mass is 447 g/mol. The molecule has 0 radical (unpaired) electrons. The number of benzene rings is 1. The van der Waals surface area contributed by atoms with Crippen LogP contribution in [-0.2, 0) is 0 Å². The normalized spacial score (nSPS) is 12.7. The number of hydrogen-bond acceptors (Lipinski definition) is 6. The third-order valence-corrected chi connectivity index (χ3v) is 7.29. The smallest absolute Gasteiger partial charge is 0.195 e. The molecule has 5 rings (SSSR count). The molecule has 0 atom stereocenters. The van der Waals surface area contributed by atoms with Gasteiger partial charge >= 0.3 is 0 Å². The predicted octanol–water partition coefficient (Wildman–Crippen LogP) is 4.80. The summed E-state index contributed by atoms with van der Waals surface area (Å²) in [6, 6.07) is 12.7. The maximum absolute atomic E-state index is 13.6. The molecule has 8 nitrogen and oxygen atoms in total. The maximum Gasteiger partial charge on any atom is 0.195 e. The number of aromatic amines is 1. The van der Waals surface area contributed by atoms with Crippen molar-refractivity contribution in [1.29, 1.82) is 0 Å². The van der Waals surface area contributed by atoms with Crippen LogP contribution >= 0.6 is 11.0 Å². The number of ketones is 1. The first-order valence-electron chi connectivity index (χ1n) is 9.86. The van der Waals surface area contributed by atoms with E-state index in [9.17, 15) is 13.9 Å². The zero-order chi connectivity index (χ0) is 22.5. The zero-order valence-electron chi connectivity index (χ0n) is 17.4. The lowest BCUT2D eigenvalue weighted by molar-refractivity contribution is 0.104. The summed E-state index contributed by atoms with van der Waals surface area (Å²) in [5.41, 5.74) is 3.93. The molecule has 4 heterocycles. The third kappa shape index (κ3) is 3.19. The fourth-order valence-corrected chi connectivity index (χ4v) is 4.76. The highest BCUT2D eigenvalue weighted by Gasteiger charge is 2.23. The Morgan fingerprint density at radius 3 is 2.62 bits per heavy atom. The highest BCUT2D eigenvalue weighted by molar-refractivity contribution is 8.21. The second-order valence-corrected chi connectivity index (χ2v) is 9.68. The molecule has 1 aromatic carbocycles. The number of carbonyl (C=O) groups is 1. The minimum absolute atomic E-state index is 0.175. The molecule has 0 aliphatic heterocycles. The summed E-state index contributed by atoms with van der Waals surface area (Å²) in [4.78, 5) is 25.3. The molecule has 3 N–H and O–H groups in total. The van der Waals surface area contributed by atoms with Gasteiger partial charge in [-0.05, 0) is 35.2 Å². The Labute approximate surface area is 185 Å². The Hall–Kier alpha value is -3.50. The fourth-order valence-electron chi connectivity index (χ4n) is 3.76. The van der Waals surface area contributed by atoms with Crippen LogP contribution in [-0.4, -0.2) is 52.2 Å². The number of nitrogens with one attached hydrogen (secondary N) is 1. The molecule has 0 saturated carbocycles. The molecule has 0 fully saturated rings. The lowest BCUT2D eigenvalue weighted by Gasteiger charge is -2.39. The van der Waals surface area contributed by atoms with Crippen LogP contribution in [0.5, 0.6) is 0 Å². The minimum Gasteiger partial charge on any atom is -0.345 e. The highest BCUT2D eigenvalue weighted by Crippen LogP contribution is 2.45. The van der Waals surface area contributed by atoms with Gasteiger partial charge in [0.2, 0.25) is 0 Å². The molecule has 0 saturated heterocycles. The second kappa shape index (κ2) is 7.57. The van der Waals surface area contributed by atoms with E-state index in [-0.39, 0.29) is 5.78 Å². The van der Waals surface area contributed by atoms with Crippen LogP contribution in [0.1, 0.15) is 15.9 Å². The maximum atomic E-state index is 13.6. The van der Waals surface area contributed by atoms with E-state index in [1.807, 2.05) is 18.2 Å². The molecule has 9 heteroatoms. The highest BCUT2D eigenvalue weighted by atomic mass is 32.3. The van der Waals surface area contributed by atoms with Crippen LogP contribution in [0, 0.1) is 0 Å². The summed E-state index contributed by atoms with van der Waals surface area (Å²) in [7, 11) is -0.0263. The van der Waals surface area contributed by atoms with Crippen molar-refractivity contribution in [3.05, 3.63) is 84.6 Å². The third-order valence-electron chi connectivity index (χ3n) is 5.47. The number of hydrogen-bond donors (Lipinski definition) is 3. The van der Waals surface area contributed by atoms with Crippen molar-refractivity contribution in [2.45, 2.75) is 0 Å². The van der Waals surface area contributed by atoms with Crippen molar-refractivity contribution in [2.24, 2.45) is 0 Å². The molecule has 0 bridgehead atoms. The van der Waals surface area contributed by atoms with Crippen molar-refractivity contribution in [3.63, 3.8) is 0 Å². The molecule has 162 valence electrons. The summed E-state index contributed by atoms with van der Waals surface area (Å²) in [6.07, 6.45) is 8.46. The van der Waals surface area contributed by atoms with E-state index in [2.05, 4.69) is 15.0 Å². The van der Waals surface area contributed by atoms with Crippen LogP contribution in [0.2, 0.25) is 0 Å². The second-order valence-electron chi connectivity index (χ2n) is 7.58. The number of rotatable bonds is 5. The number of pyridine rings is 2. The Bertz CT molecular complexity index is 1460. The first kappa shape index (κ1) is 20.4. The van der Waals surface area contributed by atoms with Gasteiger partial charge in [0.1, 0.15) is 5.65 Å². The lowest BCUT2D eigenvalue weighted by atomic mass is 9.99. The number of aromatic nitrogens is 4. The van der Waals surface area contributed by atoms with E-state index in [1.54, 1.807) is 69.3 Å². The van der Waals surface area contributed by atoms with Crippen molar-refractivity contribution in [2.75, 3.05) is 14.1 Å². The van der Waals surface area contributed by atoms with Crippen LogP contribution < -0.4 is 0 Å². The minimum atomic E-state index is -3.21. The Morgan fingerprint density at radius 1 is 1.03 bits per heavy atom. The van der Waals surface area contributed by atoms with E-state index in [0.29, 0.717) is 33.1 Å². The molecular formula is C23H21N5O3S. The van der Waals surface area contributed by atoms with Gasteiger partial charge in [-0.25, -0.2) is 8.96 Å². The number of nitrogens with zero attached hydrogens (tertiary/aromatic N) is 4. The summed E-state index contributed by atoms with van der Waals surface area (Å²) in [5.74, 6) is -0.175. The Balaban J connectivity index is 1.63. The molecule has 5 aromatic rings. The van der Waals surface area contributed by atoms with Crippen molar-refractivity contribution in [3.8, 4) is 11.1 Å². The first-order chi connectivity index (χ1) is 15.4. The zero-order valence-corrected chi connectivity index (χ0v) is 18.2. The number of carbonyl (C=O) groups excluding carboxylic acids is 1. The summed E-state index contributed by atoms with van der Waals surface area (Å²) in [5, 5.41) is 1.36. The van der Waals surface area contributed by atoms with E-state index in [1.165, 1.54) is 8.28 Å². The Morgan fingerprint density at radius 2 is 1.88 bits per heavy atom. The molecule has 0 unspecified atom stereocenters. The number of fused-ring (bicyclic) bond motifs is 2. The van der Waals surface area contributed by atoms with E-state index in [4.69, 9.17) is 0 Å². The molecule has 0 spiro atoms. The topological polar surface area (TPSA) is 107 Å². The summed E-state index contributed by atoms with van der Waals surface area (Å²) < 4.78 is 23.9. The van der Waals surface area contributed by atoms with E-state index >= 15 is 0 Å². The average molecular weight is 448 g/mol. The number of H-pyrrole nitrogens is 1. The van der Waals surface area contributed by atoms with Gasteiger partial charge in [-0.15, -0.1) is 0 Å². The van der Waals surface area contributed by atoms with Gasteiger partial charge in [0.15, 0.2) is 5.78 Å². The molecule has 0 aliphatic rings. The largest absolute Gasteiger partial charge is 0.345 e. The first-order valence-corrected chi connectivity index (χ1v) is 11.3. The predicted molar refractivity (Wildman–Crippen MR) is 127 cm³/mol. The fraction of sp³-hybridized carbons (Fsp3) is 0.0870. The van der Waals surface area contributed by atoms with Crippen molar-refractivity contribution in [1.82, 2.24) is 23.2 Å².